The minimum Gasteiger partial charge on any atom is -0.339 e. The number of amides is 1. The monoisotopic (exact) mass is 222 g/mol. The molecule has 2 rings (SSSR count). The largest absolute Gasteiger partial charge is 0.339 e. The van der Waals surface area contributed by atoms with Crippen LogP contribution in [0, 0.1) is 5.92 Å². The molecule has 2 saturated heterocycles. The highest BCUT2D eigenvalue weighted by molar-refractivity contribution is 5.87. The Bertz CT molecular complexity index is 261. The van der Waals surface area contributed by atoms with Crippen LogP contribution >= 0.6 is 0 Å². The summed E-state index contributed by atoms with van der Waals surface area (Å²) in [6.07, 6.45) is 8.48. The summed E-state index contributed by atoms with van der Waals surface area (Å²) in [5.41, 5.74) is 0. The molecule has 0 spiro atoms. The molecule has 2 aliphatic heterocycles. The lowest BCUT2D eigenvalue weighted by Gasteiger charge is -2.34. The maximum atomic E-state index is 11.6. The van der Waals surface area contributed by atoms with E-state index in [1.165, 1.54) is 32.2 Å². The third-order valence-corrected chi connectivity index (χ3v) is 3.83. The highest BCUT2D eigenvalue weighted by atomic mass is 16.2. The number of hydrogen-bond acceptors (Lipinski definition) is 2. The first-order valence-electron chi connectivity index (χ1n) is 6.46. The minimum absolute atomic E-state index is 0.181. The molecule has 0 aromatic rings. The lowest BCUT2D eigenvalue weighted by atomic mass is 9.88. The van der Waals surface area contributed by atoms with E-state index in [9.17, 15) is 4.79 Å². The molecule has 0 aliphatic carbocycles. The van der Waals surface area contributed by atoms with Crippen molar-refractivity contribution in [1.29, 1.82) is 0 Å². The molecule has 3 heteroatoms. The Hall–Kier alpha value is -0.830. The van der Waals surface area contributed by atoms with Crippen LogP contribution in [0.4, 0.5) is 0 Å². The summed E-state index contributed by atoms with van der Waals surface area (Å²) in [5, 5.41) is 3.58. The lowest BCUT2D eigenvalue weighted by molar-refractivity contribution is -0.127. The summed E-state index contributed by atoms with van der Waals surface area (Å²) >= 11 is 0. The topological polar surface area (TPSA) is 32.3 Å². The third kappa shape index (κ3) is 2.64. The van der Waals surface area contributed by atoms with Gasteiger partial charge < -0.3 is 10.2 Å². The zero-order valence-electron chi connectivity index (χ0n) is 10.1. The number of nitrogens with zero attached hydrogens (tertiary/aromatic N) is 1. The van der Waals surface area contributed by atoms with Gasteiger partial charge in [-0.3, -0.25) is 4.79 Å². The van der Waals surface area contributed by atoms with Gasteiger partial charge in [0, 0.05) is 19.1 Å². The van der Waals surface area contributed by atoms with Crippen LogP contribution < -0.4 is 5.32 Å². The number of allylic oxidation sites excluding steroid dienone is 1. The fraction of sp³-hybridized carbons (Fsp3) is 0.769. The van der Waals surface area contributed by atoms with Gasteiger partial charge in [0.2, 0.25) is 5.91 Å². The van der Waals surface area contributed by atoms with Crippen LogP contribution in [0.15, 0.2) is 12.2 Å². The standard InChI is InChI=1S/C13H22N2O/c1-2-4-13(16)15-9-6-11(7-10-15)12-5-3-8-14-12/h2,4,11-12,14H,3,5-10H2,1H3/b4-2+. The first-order chi connectivity index (χ1) is 7.81. The van der Waals surface area contributed by atoms with Gasteiger partial charge in [0.25, 0.3) is 0 Å². The minimum atomic E-state index is 0.181. The van der Waals surface area contributed by atoms with E-state index in [1.54, 1.807) is 6.08 Å². The average molecular weight is 222 g/mol. The fourth-order valence-corrected chi connectivity index (χ4v) is 2.88. The molecule has 1 amide bonds. The quantitative estimate of drug-likeness (QED) is 0.719. The molecular weight excluding hydrogens is 200 g/mol. The SMILES string of the molecule is C/C=C/C(=O)N1CCC(C2CCCN2)CC1. The van der Waals surface area contributed by atoms with Gasteiger partial charge in [-0.2, -0.15) is 0 Å². The molecule has 0 bridgehead atoms. The average Bonchev–Trinajstić information content (AvgIpc) is 2.83. The number of hydrogen-bond donors (Lipinski definition) is 1. The molecule has 0 aromatic heterocycles. The van der Waals surface area contributed by atoms with Gasteiger partial charge in [-0.15, -0.1) is 0 Å². The molecule has 1 unspecified atom stereocenters. The summed E-state index contributed by atoms with van der Waals surface area (Å²) in [7, 11) is 0. The Labute approximate surface area is 97.9 Å². The molecule has 2 heterocycles. The normalized spacial score (nSPS) is 27.8. The van der Waals surface area contributed by atoms with Crippen molar-refractivity contribution in [2.24, 2.45) is 5.92 Å². The summed E-state index contributed by atoms with van der Waals surface area (Å²) in [5.74, 6) is 0.970. The van der Waals surface area contributed by atoms with Crippen LogP contribution in [0.25, 0.3) is 0 Å². The van der Waals surface area contributed by atoms with E-state index < -0.39 is 0 Å². The van der Waals surface area contributed by atoms with Crippen molar-refractivity contribution >= 4 is 5.91 Å². The Kier molecular flexibility index (Phi) is 3.99. The number of likely N-dealkylation sites (tertiary alicyclic amines) is 1. The maximum Gasteiger partial charge on any atom is 0.246 e. The van der Waals surface area contributed by atoms with Crippen LogP contribution in [0.5, 0.6) is 0 Å². The van der Waals surface area contributed by atoms with Gasteiger partial charge >= 0.3 is 0 Å². The fourth-order valence-electron chi connectivity index (χ4n) is 2.88. The van der Waals surface area contributed by atoms with E-state index in [1.807, 2.05) is 17.9 Å². The molecule has 90 valence electrons. The van der Waals surface area contributed by atoms with Crippen molar-refractivity contribution in [1.82, 2.24) is 10.2 Å². The second kappa shape index (κ2) is 5.48. The summed E-state index contributed by atoms with van der Waals surface area (Å²) < 4.78 is 0. The third-order valence-electron chi connectivity index (χ3n) is 3.83. The van der Waals surface area contributed by atoms with Crippen LogP contribution in [0.3, 0.4) is 0 Å². The molecule has 0 aromatic carbocycles. The Morgan fingerprint density at radius 3 is 2.62 bits per heavy atom. The van der Waals surface area contributed by atoms with Crippen molar-refractivity contribution in [2.45, 2.75) is 38.6 Å². The molecular formula is C13H22N2O. The number of carbonyl (C=O) groups excluding carboxylic acids is 1. The van der Waals surface area contributed by atoms with E-state index in [-0.39, 0.29) is 5.91 Å². The Morgan fingerprint density at radius 1 is 1.31 bits per heavy atom. The number of rotatable bonds is 2. The first-order valence-corrected chi connectivity index (χ1v) is 6.46. The zero-order valence-corrected chi connectivity index (χ0v) is 10.1. The summed E-state index contributed by atoms with van der Waals surface area (Å²) in [6, 6.07) is 0.721. The van der Waals surface area contributed by atoms with Gasteiger partial charge in [-0.1, -0.05) is 6.08 Å². The van der Waals surface area contributed by atoms with Crippen LogP contribution in [-0.2, 0) is 4.79 Å². The van der Waals surface area contributed by atoms with Crippen molar-refractivity contribution < 1.29 is 4.79 Å². The lowest BCUT2D eigenvalue weighted by Crippen LogP contribution is -2.42. The predicted octanol–water partition coefficient (Wildman–Crippen LogP) is 1.55. The van der Waals surface area contributed by atoms with Crippen LogP contribution in [-0.4, -0.2) is 36.5 Å². The van der Waals surface area contributed by atoms with Gasteiger partial charge in [0.15, 0.2) is 0 Å². The molecule has 1 N–H and O–H groups in total. The summed E-state index contributed by atoms with van der Waals surface area (Å²) in [6.45, 7) is 4.95. The van der Waals surface area contributed by atoms with E-state index in [0.717, 1.165) is 25.0 Å². The number of carbonyl (C=O) groups is 1. The van der Waals surface area contributed by atoms with Gasteiger partial charge in [0.1, 0.15) is 0 Å². The Morgan fingerprint density at radius 2 is 2.06 bits per heavy atom. The molecule has 16 heavy (non-hydrogen) atoms. The molecule has 1 atom stereocenters. The highest BCUT2D eigenvalue weighted by Gasteiger charge is 2.29. The van der Waals surface area contributed by atoms with E-state index in [4.69, 9.17) is 0 Å². The van der Waals surface area contributed by atoms with Gasteiger partial charge in [-0.05, 0) is 51.1 Å². The molecule has 0 radical (unpaired) electrons. The second-order valence-electron chi connectivity index (χ2n) is 4.87. The molecule has 0 saturated carbocycles. The zero-order chi connectivity index (χ0) is 11.4. The van der Waals surface area contributed by atoms with E-state index >= 15 is 0 Å². The molecule has 2 fully saturated rings. The highest BCUT2D eigenvalue weighted by Crippen LogP contribution is 2.25. The molecule has 3 nitrogen and oxygen atoms in total. The van der Waals surface area contributed by atoms with Crippen molar-refractivity contribution in [3.8, 4) is 0 Å². The van der Waals surface area contributed by atoms with E-state index in [2.05, 4.69) is 5.32 Å². The first kappa shape index (κ1) is 11.6. The van der Waals surface area contributed by atoms with Gasteiger partial charge in [0.05, 0.1) is 0 Å². The summed E-state index contributed by atoms with van der Waals surface area (Å²) in [4.78, 5) is 13.6. The van der Waals surface area contributed by atoms with Crippen molar-refractivity contribution in [2.75, 3.05) is 19.6 Å². The van der Waals surface area contributed by atoms with Crippen molar-refractivity contribution in [3.05, 3.63) is 12.2 Å². The smallest absolute Gasteiger partial charge is 0.246 e. The van der Waals surface area contributed by atoms with Crippen molar-refractivity contribution in [3.63, 3.8) is 0 Å². The van der Waals surface area contributed by atoms with Crippen LogP contribution in [0.1, 0.15) is 32.6 Å². The second-order valence-corrected chi connectivity index (χ2v) is 4.87. The van der Waals surface area contributed by atoms with E-state index in [0.29, 0.717) is 0 Å². The Balaban J connectivity index is 1.79. The van der Waals surface area contributed by atoms with Gasteiger partial charge in [-0.25, -0.2) is 0 Å². The predicted molar refractivity (Wildman–Crippen MR) is 65.1 cm³/mol. The van der Waals surface area contributed by atoms with Crippen LogP contribution in [0.2, 0.25) is 0 Å². The number of piperidine rings is 1. The maximum absolute atomic E-state index is 11.6. The molecule has 2 aliphatic rings. The number of nitrogens with one attached hydrogen (secondary N) is 1.